The minimum absolute atomic E-state index is 0.0326. The minimum Gasteiger partial charge on any atom is -0.324 e. The van der Waals surface area contributed by atoms with E-state index in [9.17, 15) is 4.79 Å². The zero-order valence-corrected chi connectivity index (χ0v) is 19.2. The van der Waals surface area contributed by atoms with Crippen LogP contribution in [0.1, 0.15) is 43.7 Å². The van der Waals surface area contributed by atoms with E-state index in [0.717, 1.165) is 36.5 Å². The molecule has 2 aliphatic rings. The standard InChI is InChI=1S/C26H30N6O/c1-3-31-26(33)30(2)23-18-27-25(29-24(23)32(31)22-14-7-8-15-22)28-21-13-9-12-20(17-21)16-19-10-5-4-6-11-19/h4-6,9-13,17-18,22H,3,7-8,14-16H2,1-2H3,(H,27,28,29). The smallest absolute Gasteiger partial charge is 0.324 e. The maximum absolute atomic E-state index is 13.0. The molecule has 33 heavy (non-hydrogen) atoms. The second kappa shape index (κ2) is 9.10. The molecule has 1 N–H and O–H groups in total. The van der Waals surface area contributed by atoms with Gasteiger partial charge in [0.05, 0.1) is 12.2 Å². The van der Waals surface area contributed by atoms with Gasteiger partial charge in [-0.2, -0.15) is 4.98 Å². The monoisotopic (exact) mass is 442 g/mol. The molecule has 0 unspecified atom stereocenters. The molecule has 7 nitrogen and oxygen atoms in total. The van der Waals surface area contributed by atoms with Crippen LogP contribution in [0.25, 0.3) is 0 Å². The van der Waals surface area contributed by atoms with Crippen molar-refractivity contribution in [2.45, 2.75) is 45.1 Å². The molecule has 1 aromatic heterocycles. The molecule has 0 saturated heterocycles. The lowest BCUT2D eigenvalue weighted by atomic mass is 10.0. The summed E-state index contributed by atoms with van der Waals surface area (Å²) >= 11 is 0. The third-order valence-electron chi connectivity index (χ3n) is 6.50. The summed E-state index contributed by atoms with van der Waals surface area (Å²) in [6.45, 7) is 2.62. The fourth-order valence-electron chi connectivity index (χ4n) is 4.84. The molecule has 0 radical (unpaired) electrons. The van der Waals surface area contributed by atoms with Crippen molar-refractivity contribution in [2.24, 2.45) is 0 Å². The maximum Gasteiger partial charge on any atom is 0.343 e. The third kappa shape index (κ3) is 4.23. The van der Waals surface area contributed by atoms with Crippen LogP contribution in [-0.4, -0.2) is 40.6 Å². The van der Waals surface area contributed by atoms with Crippen LogP contribution in [-0.2, 0) is 6.42 Å². The summed E-state index contributed by atoms with van der Waals surface area (Å²) in [5.74, 6) is 1.33. The number of amides is 2. The largest absolute Gasteiger partial charge is 0.343 e. The molecule has 7 heteroatoms. The number of carbonyl (C=O) groups excluding carboxylic acids is 1. The lowest BCUT2D eigenvalue weighted by molar-refractivity contribution is 0.191. The number of nitrogens with one attached hydrogen (secondary N) is 1. The number of hydrazine groups is 1. The first-order chi connectivity index (χ1) is 16.1. The van der Waals surface area contributed by atoms with Gasteiger partial charge in [-0.25, -0.2) is 14.8 Å². The van der Waals surface area contributed by atoms with Gasteiger partial charge in [-0.05, 0) is 49.4 Å². The van der Waals surface area contributed by atoms with Crippen molar-refractivity contribution in [3.05, 3.63) is 71.9 Å². The summed E-state index contributed by atoms with van der Waals surface area (Å²) in [6.07, 6.45) is 7.13. The molecule has 5 rings (SSSR count). The molecule has 1 fully saturated rings. The van der Waals surface area contributed by atoms with Crippen LogP contribution in [0.2, 0.25) is 0 Å². The highest BCUT2D eigenvalue weighted by molar-refractivity contribution is 5.98. The van der Waals surface area contributed by atoms with Gasteiger partial charge in [0, 0.05) is 19.3 Å². The summed E-state index contributed by atoms with van der Waals surface area (Å²) in [5.41, 5.74) is 4.20. The Hall–Kier alpha value is -3.61. The van der Waals surface area contributed by atoms with Crippen molar-refractivity contribution in [3.8, 4) is 0 Å². The Balaban J connectivity index is 1.44. The molecule has 2 heterocycles. The number of benzene rings is 2. The van der Waals surface area contributed by atoms with E-state index in [4.69, 9.17) is 4.98 Å². The number of aromatic nitrogens is 2. The van der Waals surface area contributed by atoms with Crippen LogP contribution in [0.3, 0.4) is 0 Å². The lowest BCUT2D eigenvalue weighted by Crippen LogP contribution is -2.59. The molecule has 1 aliphatic heterocycles. The Bertz CT molecular complexity index is 1130. The van der Waals surface area contributed by atoms with Gasteiger partial charge < -0.3 is 5.32 Å². The molecule has 2 aromatic carbocycles. The van der Waals surface area contributed by atoms with E-state index in [-0.39, 0.29) is 6.03 Å². The van der Waals surface area contributed by atoms with Gasteiger partial charge in [0.25, 0.3) is 0 Å². The zero-order chi connectivity index (χ0) is 22.8. The first-order valence-electron chi connectivity index (χ1n) is 11.8. The molecule has 0 bridgehead atoms. The van der Waals surface area contributed by atoms with Gasteiger partial charge >= 0.3 is 6.03 Å². The number of fused-ring (bicyclic) bond motifs is 1. The number of rotatable bonds is 6. The van der Waals surface area contributed by atoms with Crippen LogP contribution in [0.15, 0.2) is 60.8 Å². The highest BCUT2D eigenvalue weighted by atomic mass is 16.2. The molecular formula is C26H30N6O. The van der Waals surface area contributed by atoms with E-state index in [1.165, 1.54) is 24.0 Å². The van der Waals surface area contributed by atoms with Crippen LogP contribution in [0.4, 0.5) is 27.9 Å². The second-order valence-corrected chi connectivity index (χ2v) is 8.73. The molecule has 0 atom stereocenters. The van der Waals surface area contributed by atoms with Crippen LogP contribution < -0.4 is 15.2 Å². The predicted molar refractivity (Wildman–Crippen MR) is 132 cm³/mol. The molecule has 1 saturated carbocycles. The van der Waals surface area contributed by atoms with Crippen molar-refractivity contribution in [1.82, 2.24) is 15.0 Å². The number of urea groups is 1. The van der Waals surface area contributed by atoms with Crippen molar-refractivity contribution in [1.29, 1.82) is 0 Å². The van der Waals surface area contributed by atoms with E-state index in [1.54, 1.807) is 18.1 Å². The number of hydrogen-bond acceptors (Lipinski definition) is 5. The number of nitrogens with zero attached hydrogens (tertiary/aromatic N) is 5. The van der Waals surface area contributed by atoms with E-state index in [0.29, 0.717) is 18.5 Å². The summed E-state index contributed by atoms with van der Waals surface area (Å²) < 4.78 is 0. The highest BCUT2D eigenvalue weighted by Gasteiger charge is 2.39. The van der Waals surface area contributed by atoms with Crippen LogP contribution in [0, 0.1) is 0 Å². The molecular weight excluding hydrogens is 412 g/mol. The summed E-state index contributed by atoms with van der Waals surface area (Å²) in [4.78, 5) is 24.1. The average molecular weight is 443 g/mol. The third-order valence-corrected chi connectivity index (χ3v) is 6.50. The summed E-state index contributed by atoms with van der Waals surface area (Å²) in [6, 6.07) is 19.1. The van der Waals surface area contributed by atoms with Gasteiger partial charge in [-0.15, -0.1) is 0 Å². The van der Waals surface area contributed by atoms with Crippen LogP contribution in [0.5, 0.6) is 0 Å². The Kier molecular flexibility index (Phi) is 5.86. The molecule has 1 aliphatic carbocycles. The normalized spacial score (nSPS) is 16.3. The summed E-state index contributed by atoms with van der Waals surface area (Å²) in [7, 11) is 1.79. The highest BCUT2D eigenvalue weighted by Crippen LogP contribution is 2.38. The first-order valence-corrected chi connectivity index (χ1v) is 11.8. The Morgan fingerprint density at radius 1 is 1.03 bits per heavy atom. The fraction of sp³-hybridized carbons (Fsp3) is 0.346. The van der Waals surface area contributed by atoms with E-state index >= 15 is 0 Å². The van der Waals surface area contributed by atoms with Gasteiger partial charge in [-0.1, -0.05) is 55.3 Å². The Morgan fingerprint density at radius 2 is 1.79 bits per heavy atom. The average Bonchev–Trinajstić information content (AvgIpc) is 3.36. The minimum atomic E-state index is -0.0326. The van der Waals surface area contributed by atoms with Crippen molar-refractivity contribution < 1.29 is 4.79 Å². The molecule has 0 spiro atoms. The molecule has 3 aromatic rings. The summed E-state index contributed by atoms with van der Waals surface area (Å²) in [5, 5.41) is 7.31. The SMILES string of the molecule is CCN1C(=O)N(C)c2cnc(Nc3cccc(Cc4ccccc4)c3)nc2N1C1CCCC1. The van der Waals surface area contributed by atoms with Crippen LogP contribution >= 0.6 is 0 Å². The first kappa shape index (κ1) is 21.2. The van der Waals surface area contributed by atoms with Gasteiger partial charge in [0.1, 0.15) is 5.69 Å². The lowest BCUT2D eigenvalue weighted by Gasteiger charge is -2.45. The van der Waals surface area contributed by atoms with Crippen molar-refractivity contribution in [3.63, 3.8) is 0 Å². The number of anilines is 4. The maximum atomic E-state index is 13.0. The topological polar surface area (TPSA) is 64.6 Å². The second-order valence-electron chi connectivity index (χ2n) is 8.73. The molecule has 2 amide bonds. The van der Waals surface area contributed by atoms with Crippen molar-refractivity contribution >= 4 is 29.2 Å². The number of carbonyl (C=O) groups is 1. The van der Waals surface area contributed by atoms with Gasteiger partial charge in [-0.3, -0.25) is 9.91 Å². The van der Waals surface area contributed by atoms with E-state index in [2.05, 4.69) is 57.8 Å². The Morgan fingerprint density at radius 3 is 2.55 bits per heavy atom. The van der Waals surface area contributed by atoms with Gasteiger partial charge in [0.2, 0.25) is 5.95 Å². The quantitative estimate of drug-likeness (QED) is 0.556. The van der Waals surface area contributed by atoms with Gasteiger partial charge in [0.15, 0.2) is 5.82 Å². The predicted octanol–water partition coefficient (Wildman–Crippen LogP) is 5.37. The van der Waals surface area contributed by atoms with Crippen molar-refractivity contribution in [2.75, 3.05) is 28.8 Å². The Labute approximate surface area is 195 Å². The fourth-order valence-corrected chi connectivity index (χ4v) is 4.84. The van der Waals surface area contributed by atoms with E-state index < -0.39 is 0 Å². The molecule has 170 valence electrons. The number of hydrogen-bond donors (Lipinski definition) is 1. The van der Waals surface area contributed by atoms with E-state index in [1.807, 2.05) is 24.1 Å². The zero-order valence-electron chi connectivity index (χ0n) is 19.2.